The van der Waals surface area contributed by atoms with E-state index >= 15 is 0 Å². The average molecular weight is 402 g/mol. The highest BCUT2D eigenvalue weighted by Gasteiger charge is 2.19. The summed E-state index contributed by atoms with van der Waals surface area (Å²) >= 11 is 12.6. The highest BCUT2D eigenvalue weighted by Crippen LogP contribution is 2.38. The van der Waals surface area contributed by atoms with Crippen LogP contribution in [-0.4, -0.2) is 40.6 Å². The molecular weight excluding hydrogens is 389 g/mol. The Morgan fingerprint density at radius 2 is 1.96 bits per heavy atom. The Balaban J connectivity index is 1.99. The monoisotopic (exact) mass is 401 g/mol. The number of pyridine rings is 1. The Labute approximate surface area is 164 Å². The lowest BCUT2D eigenvalue weighted by Gasteiger charge is -2.19. The Morgan fingerprint density at radius 1 is 1.15 bits per heavy atom. The molecule has 4 rings (SSSR count). The molecule has 2 heterocycles. The van der Waals surface area contributed by atoms with E-state index in [1.807, 2.05) is 17.0 Å². The van der Waals surface area contributed by atoms with Crippen LogP contribution < -0.4 is 4.90 Å². The van der Waals surface area contributed by atoms with Crippen LogP contribution in [0.5, 0.6) is 5.75 Å². The number of aromatic carboxylic acids is 1. The number of carboxylic acids is 1. The van der Waals surface area contributed by atoms with Crippen molar-refractivity contribution < 1.29 is 15.0 Å². The van der Waals surface area contributed by atoms with E-state index < -0.39 is 5.97 Å². The Bertz CT molecular complexity index is 1120. The molecule has 0 saturated heterocycles. The zero-order valence-corrected chi connectivity index (χ0v) is 15.4. The maximum atomic E-state index is 11.3. The first-order chi connectivity index (χ1) is 13.0. The number of aromatic hydroxyl groups is 1. The van der Waals surface area contributed by atoms with Gasteiger partial charge in [-0.3, -0.25) is 4.99 Å². The average Bonchev–Trinajstić information content (AvgIpc) is 3.19. The summed E-state index contributed by atoms with van der Waals surface area (Å²) in [4.78, 5) is 22.2. The molecule has 0 unspecified atom stereocenters. The highest BCUT2D eigenvalue weighted by atomic mass is 35.5. The zero-order valence-electron chi connectivity index (χ0n) is 13.9. The van der Waals surface area contributed by atoms with Crippen molar-refractivity contribution in [2.24, 2.45) is 4.99 Å². The summed E-state index contributed by atoms with van der Waals surface area (Å²) in [6, 6.07) is 9.74. The lowest BCUT2D eigenvalue weighted by Crippen LogP contribution is -2.18. The third-order valence-electron chi connectivity index (χ3n) is 4.37. The minimum atomic E-state index is -1.22. The van der Waals surface area contributed by atoms with Gasteiger partial charge in [0.05, 0.1) is 39.8 Å². The summed E-state index contributed by atoms with van der Waals surface area (Å²) in [5.41, 5.74) is 2.22. The number of aromatic nitrogens is 1. The summed E-state index contributed by atoms with van der Waals surface area (Å²) in [5, 5.41) is 20.6. The predicted octanol–water partition coefficient (Wildman–Crippen LogP) is 4.46. The molecule has 0 spiro atoms. The molecule has 0 atom stereocenters. The maximum absolute atomic E-state index is 11.3. The van der Waals surface area contributed by atoms with Crippen LogP contribution in [0.2, 0.25) is 10.0 Å². The molecule has 136 valence electrons. The second-order valence-electron chi connectivity index (χ2n) is 6.04. The van der Waals surface area contributed by atoms with Gasteiger partial charge in [0, 0.05) is 17.5 Å². The normalized spacial score (nSPS) is 13.5. The minimum absolute atomic E-state index is 0.198. The Morgan fingerprint density at radius 3 is 2.67 bits per heavy atom. The number of carbonyl (C=O) groups is 1. The molecule has 0 bridgehead atoms. The van der Waals surface area contributed by atoms with Gasteiger partial charge in [0.25, 0.3) is 0 Å². The van der Waals surface area contributed by atoms with Crippen LogP contribution in [0.25, 0.3) is 22.2 Å². The van der Waals surface area contributed by atoms with Gasteiger partial charge in [-0.05, 0) is 36.4 Å². The van der Waals surface area contributed by atoms with Crippen LogP contribution in [0, 0.1) is 0 Å². The summed E-state index contributed by atoms with van der Waals surface area (Å²) in [6.07, 6.45) is 1.75. The van der Waals surface area contributed by atoms with Gasteiger partial charge >= 0.3 is 5.97 Å². The van der Waals surface area contributed by atoms with Gasteiger partial charge in [0.1, 0.15) is 11.3 Å². The third-order valence-corrected chi connectivity index (χ3v) is 5.17. The largest absolute Gasteiger partial charge is 0.507 e. The molecule has 0 aliphatic carbocycles. The predicted molar refractivity (Wildman–Crippen MR) is 107 cm³/mol. The molecule has 0 saturated carbocycles. The van der Waals surface area contributed by atoms with Crippen LogP contribution in [0.4, 0.5) is 5.69 Å². The quantitative estimate of drug-likeness (QED) is 0.676. The number of hydrogen-bond acceptors (Lipinski definition) is 5. The fourth-order valence-electron chi connectivity index (χ4n) is 3.03. The number of anilines is 1. The molecule has 1 aliphatic heterocycles. The van der Waals surface area contributed by atoms with E-state index in [0.717, 1.165) is 17.6 Å². The van der Waals surface area contributed by atoms with Crippen molar-refractivity contribution in [1.29, 1.82) is 0 Å². The molecule has 1 aromatic heterocycles. The number of rotatable bonds is 3. The first-order valence-electron chi connectivity index (χ1n) is 8.08. The Kier molecular flexibility index (Phi) is 4.37. The smallest absolute Gasteiger partial charge is 0.339 e. The number of halogens is 2. The molecule has 0 fully saturated rings. The van der Waals surface area contributed by atoms with Gasteiger partial charge < -0.3 is 15.1 Å². The molecule has 1 aliphatic rings. The third kappa shape index (κ3) is 3.07. The van der Waals surface area contributed by atoms with E-state index in [9.17, 15) is 15.0 Å². The molecule has 3 aromatic rings. The lowest BCUT2D eigenvalue weighted by molar-refractivity contribution is 0.0694. The van der Waals surface area contributed by atoms with E-state index in [2.05, 4.69) is 9.98 Å². The molecule has 8 heteroatoms. The van der Waals surface area contributed by atoms with Crippen molar-refractivity contribution in [3.05, 3.63) is 52.0 Å². The molecule has 6 nitrogen and oxygen atoms in total. The van der Waals surface area contributed by atoms with Crippen molar-refractivity contribution in [2.75, 3.05) is 18.0 Å². The fourth-order valence-corrected chi connectivity index (χ4v) is 3.39. The van der Waals surface area contributed by atoms with Crippen molar-refractivity contribution in [2.45, 2.75) is 0 Å². The number of carboxylic acid groups (broad SMARTS) is 1. The van der Waals surface area contributed by atoms with Crippen molar-refractivity contribution in [3.63, 3.8) is 0 Å². The van der Waals surface area contributed by atoms with Crippen molar-refractivity contribution >= 4 is 52.1 Å². The fraction of sp³-hybridized carbons (Fsp3) is 0.105. The molecule has 2 N–H and O–H groups in total. The van der Waals surface area contributed by atoms with Crippen LogP contribution in [0.15, 0.2) is 41.4 Å². The number of phenols is 1. The minimum Gasteiger partial charge on any atom is -0.507 e. The summed E-state index contributed by atoms with van der Waals surface area (Å²) in [6.45, 7) is 1.40. The molecule has 2 aromatic carbocycles. The molecule has 0 radical (unpaired) electrons. The molecule has 0 amide bonds. The van der Waals surface area contributed by atoms with Gasteiger partial charge in [0.2, 0.25) is 0 Å². The number of nitrogens with zero attached hydrogens (tertiary/aromatic N) is 3. The van der Waals surface area contributed by atoms with Gasteiger partial charge in [0.15, 0.2) is 0 Å². The van der Waals surface area contributed by atoms with E-state index in [-0.39, 0.29) is 11.3 Å². The second-order valence-corrected chi connectivity index (χ2v) is 6.82. The topological polar surface area (TPSA) is 86.0 Å². The van der Waals surface area contributed by atoms with Crippen LogP contribution in [-0.2, 0) is 0 Å². The van der Waals surface area contributed by atoms with Crippen molar-refractivity contribution in [3.8, 4) is 17.0 Å². The van der Waals surface area contributed by atoms with E-state index in [0.29, 0.717) is 33.4 Å². The number of fused-ring (bicyclic) bond motifs is 1. The van der Waals surface area contributed by atoms with E-state index in [4.69, 9.17) is 23.2 Å². The van der Waals surface area contributed by atoms with Crippen LogP contribution in [0.3, 0.4) is 0 Å². The van der Waals surface area contributed by atoms with Crippen molar-refractivity contribution in [1.82, 2.24) is 4.98 Å². The highest BCUT2D eigenvalue weighted by molar-refractivity contribution is 6.45. The summed E-state index contributed by atoms with van der Waals surface area (Å²) in [5.74, 6) is -1.52. The van der Waals surface area contributed by atoms with Gasteiger partial charge in [-0.1, -0.05) is 23.2 Å². The van der Waals surface area contributed by atoms with Crippen LogP contribution >= 0.6 is 23.2 Å². The van der Waals surface area contributed by atoms with Gasteiger partial charge in [-0.2, -0.15) is 0 Å². The SMILES string of the molecule is O=C(O)c1cc(-c2cc(N3C=NCC3)c3ccc(Cl)c(Cl)c3n2)ccc1O. The van der Waals surface area contributed by atoms with E-state index in [1.165, 1.54) is 12.1 Å². The summed E-state index contributed by atoms with van der Waals surface area (Å²) < 4.78 is 0. The second kappa shape index (κ2) is 6.72. The number of aliphatic imine (C=N–C) groups is 1. The standard InChI is InChI=1S/C19H13Cl2N3O3/c20-13-3-2-11-15(24-6-5-22-9-24)8-14(23-18(11)17(13)21)10-1-4-16(25)12(7-10)19(26)27/h1-4,7-9,25H,5-6H2,(H,26,27). The van der Waals surface area contributed by atoms with Gasteiger partial charge in [-0.25, -0.2) is 9.78 Å². The maximum Gasteiger partial charge on any atom is 0.339 e. The molecular formula is C19H13Cl2N3O3. The molecule has 27 heavy (non-hydrogen) atoms. The van der Waals surface area contributed by atoms with Crippen LogP contribution in [0.1, 0.15) is 10.4 Å². The zero-order chi connectivity index (χ0) is 19.1. The van der Waals surface area contributed by atoms with E-state index in [1.54, 1.807) is 18.5 Å². The lowest BCUT2D eigenvalue weighted by atomic mass is 10.0. The number of hydrogen-bond donors (Lipinski definition) is 2. The first-order valence-corrected chi connectivity index (χ1v) is 8.83. The summed E-state index contributed by atoms with van der Waals surface area (Å²) in [7, 11) is 0. The Hall–Kier alpha value is -2.83. The number of benzene rings is 2. The first kappa shape index (κ1) is 17.6. The van der Waals surface area contributed by atoms with Gasteiger partial charge in [-0.15, -0.1) is 0 Å².